The first-order valence-electron chi connectivity index (χ1n) is 6.15. The molecule has 1 aromatic carbocycles. The molecule has 0 saturated heterocycles. The summed E-state index contributed by atoms with van der Waals surface area (Å²) in [6.07, 6.45) is 2.90. The summed E-state index contributed by atoms with van der Waals surface area (Å²) in [5.74, 6) is -0.366. The summed E-state index contributed by atoms with van der Waals surface area (Å²) < 4.78 is 5.69. The Hall–Kier alpha value is -3.15. The summed E-state index contributed by atoms with van der Waals surface area (Å²) in [5.41, 5.74) is 6.75. The lowest BCUT2D eigenvalue weighted by molar-refractivity contribution is 0.0696. The van der Waals surface area contributed by atoms with E-state index in [0.717, 1.165) is 10.9 Å². The Morgan fingerprint density at radius 2 is 2.05 bits per heavy atom. The number of carboxylic acid groups (broad SMARTS) is 1. The Morgan fingerprint density at radius 3 is 2.81 bits per heavy atom. The van der Waals surface area contributed by atoms with E-state index in [4.69, 9.17) is 15.6 Å². The molecule has 6 nitrogen and oxygen atoms in total. The molecule has 2 aromatic heterocycles. The van der Waals surface area contributed by atoms with Crippen LogP contribution in [0.15, 0.2) is 48.8 Å². The van der Waals surface area contributed by atoms with Crippen molar-refractivity contribution in [2.24, 2.45) is 0 Å². The summed E-state index contributed by atoms with van der Waals surface area (Å²) in [6.45, 7) is 0. The van der Waals surface area contributed by atoms with Gasteiger partial charge in [-0.3, -0.25) is 4.98 Å². The third kappa shape index (κ3) is 2.46. The molecule has 3 aromatic rings. The van der Waals surface area contributed by atoms with E-state index in [0.29, 0.717) is 5.75 Å². The van der Waals surface area contributed by atoms with Crippen molar-refractivity contribution in [3.05, 3.63) is 54.4 Å². The number of ether oxygens (including phenoxy) is 1. The number of anilines is 1. The normalized spacial score (nSPS) is 10.5. The molecule has 0 saturated carbocycles. The van der Waals surface area contributed by atoms with Gasteiger partial charge in [-0.05, 0) is 30.3 Å². The van der Waals surface area contributed by atoms with E-state index >= 15 is 0 Å². The van der Waals surface area contributed by atoms with Crippen LogP contribution in [0, 0.1) is 0 Å². The number of benzene rings is 1. The van der Waals surface area contributed by atoms with Crippen molar-refractivity contribution in [3.8, 4) is 11.6 Å². The van der Waals surface area contributed by atoms with E-state index < -0.39 is 5.97 Å². The number of hydrogen-bond acceptors (Lipinski definition) is 5. The van der Waals surface area contributed by atoms with Crippen LogP contribution >= 0.6 is 0 Å². The van der Waals surface area contributed by atoms with Crippen molar-refractivity contribution in [1.29, 1.82) is 0 Å². The lowest BCUT2D eigenvalue weighted by Gasteiger charge is -2.09. The average molecular weight is 281 g/mol. The second-order valence-electron chi connectivity index (χ2n) is 4.35. The van der Waals surface area contributed by atoms with Gasteiger partial charge in [0.25, 0.3) is 0 Å². The van der Waals surface area contributed by atoms with E-state index in [2.05, 4.69) is 9.97 Å². The Balaban J connectivity index is 2.01. The molecule has 2 heterocycles. The maximum atomic E-state index is 10.9. The van der Waals surface area contributed by atoms with Crippen molar-refractivity contribution in [1.82, 2.24) is 9.97 Å². The van der Waals surface area contributed by atoms with Gasteiger partial charge in [0.05, 0.1) is 16.8 Å². The zero-order valence-corrected chi connectivity index (χ0v) is 10.9. The fourth-order valence-corrected chi connectivity index (χ4v) is 1.94. The summed E-state index contributed by atoms with van der Waals surface area (Å²) in [7, 11) is 0. The van der Waals surface area contributed by atoms with Gasteiger partial charge in [0, 0.05) is 17.8 Å². The van der Waals surface area contributed by atoms with Crippen LogP contribution in [0.5, 0.6) is 11.6 Å². The molecule has 0 atom stereocenters. The number of pyridine rings is 2. The smallest absolute Gasteiger partial charge is 0.337 e. The zero-order valence-electron chi connectivity index (χ0n) is 10.9. The van der Waals surface area contributed by atoms with Crippen molar-refractivity contribution in [2.45, 2.75) is 0 Å². The molecule has 104 valence electrons. The van der Waals surface area contributed by atoms with E-state index in [1.54, 1.807) is 18.3 Å². The molecule has 0 aliphatic rings. The molecule has 0 aliphatic carbocycles. The lowest BCUT2D eigenvalue weighted by Crippen LogP contribution is -2.02. The van der Waals surface area contributed by atoms with Gasteiger partial charge in [-0.1, -0.05) is 6.07 Å². The molecular formula is C15H11N3O3. The summed E-state index contributed by atoms with van der Waals surface area (Å²) in [5, 5.41) is 9.71. The molecule has 0 unspecified atom stereocenters. The van der Waals surface area contributed by atoms with Crippen LogP contribution in [0.1, 0.15) is 10.4 Å². The van der Waals surface area contributed by atoms with Gasteiger partial charge in [0.2, 0.25) is 5.88 Å². The number of nitrogens with zero attached hydrogens (tertiary/aromatic N) is 2. The summed E-state index contributed by atoms with van der Waals surface area (Å²) in [4.78, 5) is 19.0. The van der Waals surface area contributed by atoms with Crippen molar-refractivity contribution >= 4 is 22.6 Å². The highest BCUT2D eigenvalue weighted by atomic mass is 16.5. The number of aromatic carboxylic acids is 1. The maximum Gasteiger partial charge on any atom is 0.337 e. The van der Waals surface area contributed by atoms with Crippen LogP contribution in [0.3, 0.4) is 0 Å². The Bertz CT molecular complexity index is 828. The van der Waals surface area contributed by atoms with Crippen LogP contribution in [0.25, 0.3) is 10.9 Å². The largest absolute Gasteiger partial charge is 0.478 e. The van der Waals surface area contributed by atoms with Gasteiger partial charge in [-0.2, -0.15) is 0 Å². The molecular weight excluding hydrogens is 270 g/mol. The third-order valence-corrected chi connectivity index (χ3v) is 2.94. The van der Waals surface area contributed by atoms with Crippen molar-refractivity contribution < 1.29 is 14.6 Å². The Labute approximate surface area is 119 Å². The number of nitrogens with two attached hydrogens (primary N) is 1. The van der Waals surface area contributed by atoms with Crippen molar-refractivity contribution in [2.75, 3.05) is 5.73 Å². The van der Waals surface area contributed by atoms with Gasteiger partial charge in [-0.25, -0.2) is 9.78 Å². The Kier molecular flexibility index (Phi) is 3.12. The van der Waals surface area contributed by atoms with Crippen LogP contribution in [0.4, 0.5) is 5.69 Å². The van der Waals surface area contributed by atoms with Crippen LogP contribution < -0.4 is 10.5 Å². The molecule has 0 fully saturated rings. The summed E-state index contributed by atoms with van der Waals surface area (Å²) >= 11 is 0. The SMILES string of the molecule is Nc1cc(C(=O)O)cnc1Oc1cccc2ncccc12. The highest BCUT2D eigenvalue weighted by molar-refractivity contribution is 5.89. The molecule has 0 aliphatic heterocycles. The number of nitrogen functional groups attached to an aromatic ring is 1. The molecule has 3 N–H and O–H groups in total. The van der Waals surface area contributed by atoms with E-state index in [1.807, 2.05) is 18.2 Å². The fraction of sp³-hybridized carbons (Fsp3) is 0. The van der Waals surface area contributed by atoms with Crippen molar-refractivity contribution in [3.63, 3.8) is 0 Å². The summed E-state index contributed by atoms with van der Waals surface area (Å²) in [6, 6.07) is 10.4. The third-order valence-electron chi connectivity index (χ3n) is 2.94. The van der Waals surface area contributed by atoms with Gasteiger partial charge in [0.1, 0.15) is 5.75 Å². The number of fused-ring (bicyclic) bond motifs is 1. The van der Waals surface area contributed by atoms with Crippen LogP contribution in [-0.4, -0.2) is 21.0 Å². The predicted molar refractivity (Wildman–Crippen MR) is 77.4 cm³/mol. The van der Waals surface area contributed by atoms with Gasteiger partial charge < -0.3 is 15.6 Å². The minimum atomic E-state index is -1.09. The monoisotopic (exact) mass is 281 g/mol. The molecule has 0 bridgehead atoms. The zero-order chi connectivity index (χ0) is 14.8. The average Bonchev–Trinajstić information content (AvgIpc) is 2.49. The standard InChI is InChI=1S/C15H11N3O3/c16-11-7-9(15(19)20)8-18-14(11)21-13-5-1-4-12-10(13)3-2-6-17-12/h1-8H,16H2,(H,19,20). The first kappa shape index (κ1) is 12.9. The maximum absolute atomic E-state index is 10.9. The van der Waals surface area contributed by atoms with Gasteiger partial charge in [0.15, 0.2) is 0 Å². The predicted octanol–water partition coefficient (Wildman–Crippen LogP) is 2.70. The first-order valence-corrected chi connectivity index (χ1v) is 6.15. The molecule has 0 spiro atoms. The lowest BCUT2D eigenvalue weighted by atomic mass is 10.2. The topological polar surface area (TPSA) is 98.3 Å². The first-order chi connectivity index (χ1) is 10.1. The minimum absolute atomic E-state index is 0.0134. The van der Waals surface area contributed by atoms with E-state index in [1.165, 1.54) is 12.3 Å². The molecule has 0 radical (unpaired) electrons. The van der Waals surface area contributed by atoms with Crippen LogP contribution in [0.2, 0.25) is 0 Å². The quantitative estimate of drug-likeness (QED) is 0.765. The number of carbonyl (C=O) groups is 1. The highest BCUT2D eigenvalue weighted by Gasteiger charge is 2.11. The molecule has 3 rings (SSSR count). The second-order valence-corrected chi connectivity index (χ2v) is 4.35. The van der Waals surface area contributed by atoms with Crippen LogP contribution in [-0.2, 0) is 0 Å². The molecule has 6 heteroatoms. The fourth-order valence-electron chi connectivity index (χ4n) is 1.94. The number of hydrogen-bond donors (Lipinski definition) is 2. The minimum Gasteiger partial charge on any atom is -0.478 e. The van der Waals surface area contributed by atoms with E-state index in [9.17, 15) is 4.79 Å². The number of rotatable bonds is 3. The second kappa shape index (κ2) is 5.09. The van der Waals surface area contributed by atoms with Gasteiger partial charge in [-0.15, -0.1) is 0 Å². The number of carboxylic acids is 1. The van der Waals surface area contributed by atoms with E-state index in [-0.39, 0.29) is 17.1 Å². The molecule has 0 amide bonds. The Morgan fingerprint density at radius 1 is 1.19 bits per heavy atom. The highest BCUT2D eigenvalue weighted by Crippen LogP contribution is 2.30. The number of aromatic nitrogens is 2. The van der Waals surface area contributed by atoms with Gasteiger partial charge >= 0.3 is 5.97 Å². The molecule has 21 heavy (non-hydrogen) atoms.